The zero-order chi connectivity index (χ0) is 15.1. The normalized spacial score (nSPS) is 24.9. The molecule has 7 heteroatoms. The Morgan fingerprint density at radius 2 is 2.20 bits per heavy atom. The zero-order valence-electron chi connectivity index (χ0n) is 10.3. The van der Waals surface area contributed by atoms with Gasteiger partial charge in [0.05, 0.1) is 30.1 Å². The Bertz CT molecular complexity index is 609. The Balaban J connectivity index is 2.55. The van der Waals surface area contributed by atoms with Crippen LogP contribution in [0.4, 0.5) is 13.2 Å². The van der Waals surface area contributed by atoms with E-state index in [4.69, 9.17) is 0 Å². The van der Waals surface area contributed by atoms with Gasteiger partial charge in [0.2, 0.25) is 0 Å². The fourth-order valence-electron chi connectivity index (χ4n) is 2.31. The summed E-state index contributed by atoms with van der Waals surface area (Å²) in [5, 5.41) is 9.20. The summed E-state index contributed by atoms with van der Waals surface area (Å²) in [5.41, 5.74) is -1.65. The van der Waals surface area contributed by atoms with E-state index in [-0.39, 0.29) is 17.5 Å². The maximum Gasteiger partial charge on any atom is 0.393 e. The highest BCUT2D eigenvalue weighted by molar-refractivity contribution is 9.10. The fraction of sp³-hybridized carbons (Fsp3) is 0.385. The second-order valence-electron chi connectivity index (χ2n) is 4.56. The van der Waals surface area contributed by atoms with Crippen LogP contribution in [0.25, 0.3) is 0 Å². The maximum absolute atomic E-state index is 12.8. The highest BCUT2D eigenvalue weighted by Crippen LogP contribution is 2.61. The number of carbonyl (C=O) groups excluding carboxylic acids is 1. The van der Waals surface area contributed by atoms with Gasteiger partial charge in [-0.05, 0) is 30.2 Å². The number of benzene rings is 1. The first-order valence-electron chi connectivity index (χ1n) is 5.62. The third kappa shape index (κ3) is 2.29. The first kappa shape index (κ1) is 14.9. The molecule has 0 aliphatic heterocycles. The molecule has 0 saturated heterocycles. The molecule has 1 fully saturated rings. The van der Waals surface area contributed by atoms with E-state index in [1.807, 2.05) is 0 Å². The number of carbonyl (C=O) groups is 1. The van der Waals surface area contributed by atoms with Gasteiger partial charge in [0.1, 0.15) is 0 Å². The van der Waals surface area contributed by atoms with Crippen LogP contribution in [0.5, 0.6) is 0 Å². The summed E-state index contributed by atoms with van der Waals surface area (Å²) in [5.74, 6) is -2.51. The Kier molecular flexibility index (Phi) is 3.54. The van der Waals surface area contributed by atoms with Crippen molar-refractivity contribution in [1.82, 2.24) is 0 Å². The molecule has 1 aromatic carbocycles. The smallest absolute Gasteiger partial charge is 0.393 e. The monoisotopic (exact) mass is 347 g/mol. The van der Waals surface area contributed by atoms with E-state index >= 15 is 0 Å². The quantitative estimate of drug-likeness (QED) is 0.768. The third-order valence-electron chi connectivity index (χ3n) is 3.42. The van der Waals surface area contributed by atoms with E-state index in [9.17, 15) is 23.2 Å². The van der Waals surface area contributed by atoms with Gasteiger partial charge in [-0.1, -0.05) is 15.9 Å². The minimum absolute atomic E-state index is 0.0102. The highest BCUT2D eigenvalue weighted by Gasteiger charge is 2.69. The predicted octanol–water partition coefficient (Wildman–Crippen LogP) is 3.58. The number of hydrogen-bond donors (Lipinski definition) is 0. The predicted molar refractivity (Wildman–Crippen MR) is 66.9 cm³/mol. The van der Waals surface area contributed by atoms with Gasteiger partial charge in [-0.2, -0.15) is 18.4 Å². The fourth-order valence-corrected chi connectivity index (χ4v) is 2.67. The summed E-state index contributed by atoms with van der Waals surface area (Å²) >= 11 is 3.14. The minimum Gasteiger partial charge on any atom is -0.465 e. The molecule has 2 unspecified atom stereocenters. The molecule has 0 radical (unpaired) electrons. The molecule has 1 saturated carbocycles. The van der Waals surface area contributed by atoms with Crippen molar-refractivity contribution in [1.29, 1.82) is 5.26 Å². The number of hydrogen-bond acceptors (Lipinski definition) is 3. The lowest BCUT2D eigenvalue weighted by Gasteiger charge is -2.15. The number of esters is 1. The van der Waals surface area contributed by atoms with E-state index < -0.39 is 23.5 Å². The first-order chi connectivity index (χ1) is 9.26. The number of rotatable bonds is 2. The first-order valence-corrected chi connectivity index (χ1v) is 6.42. The molecule has 2 rings (SSSR count). The van der Waals surface area contributed by atoms with Gasteiger partial charge in [0, 0.05) is 4.47 Å². The summed E-state index contributed by atoms with van der Waals surface area (Å²) in [7, 11) is 1.14. The van der Waals surface area contributed by atoms with Crippen LogP contribution in [0.3, 0.4) is 0 Å². The summed E-state index contributed by atoms with van der Waals surface area (Å²) in [6.07, 6.45) is -4.81. The van der Waals surface area contributed by atoms with Crippen LogP contribution in [-0.2, 0) is 10.2 Å². The van der Waals surface area contributed by atoms with Crippen molar-refractivity contribution >= 4 is 21.9 Å². The second-order valence-corrected chi connectivity index (χ2v) is 5.48. The largest absolute Gasteiger partial charge is 0.465 e. The highest BCUT2D eigenvalue weighted by atomic mass is 79.9. The van der Waals surface area contributed by atoms with Crippen LogP contribution < -0.4 is 0 Å². The topological polar surface area (TPSA) is 50.1 Å². The van der Waals surface area contributed by atoms with E-state index in [1.54, 1.807) is 6.07 Å². The molecule has 0 bridgehead atoms. The summed E-state index contributed by atoms with van der Waals surface area (Å²) < 4.78 is 43.6. The van der Waals surface area contributed by atoms with Crippen molar-refractivity contribution in [2.24, 2.45) is 5.92 Å². The van der Waals surface area contributed by atoms with E-state index in [1.165, 1.54) is 18.2 Å². The number of nitriles is 1. The van der Waals surface area contributed by atoms with Crippen molar-refractivity contribution in [2.45, 2.75) is 18.0 Å². The molecule has 0 heterocycles. The molecule has 0 N–H and O–H groups in total. The standard InChI is InChI=1S/C13H9BrF3NO2/c1-20-11(19)8-3-2-7(14)4-9(8)12(6-18)5-10(12)13(15,16)17/h2-4,10H,5H2,1H3. The van der Waals surface area contributed by atoms with Gasteiger partial charge < -0.3 is 4.74 Å². The van der Waals surface area contributed by atoms with Gasteiger partial charge in [-0.25, -0.2) is 4.79 Å². The van der Waals surface area contributed by atoms with Gasteiger partial charge in [-0.15, -0.1) is 0 Å². The molecule has 1 aromatic rings. The molecule has 20 heavy (non-hydrogen) atoms. The number of alkyl halides is 3. The van der Waals surface area contributed by atoms with Crippen molar-refractivity contribution < 1.29 is 22.7 Å². The molecular weight excluding hydrogens is 339 g/mol. The SMILES string of the molecule is COC(=O)c1ccc(Br)cc1C1(C#N)CC1C(F)(F)F. The van der Waals surface area contributed by atoms with Crippen LogP contribution in [0.1, 0.15) is 22.3 Å². The Labute approximate surface area is 121 Å². The average Bonchev–Trinajstić information content (AvgIpc) is 3.14. The van der Waals surface area contributed by atoms with Crippen LogP contribution in [-0.4, -0.2) is 19.3 Å². The lowest BCUT2D eigenvalue weighted by atomic mass is 9.90. The molecule has 3 nitrogen and oxygen atoms in total. The lowest BCUT2D eigenvalue weighted by molar-refractivity contribution is -0.150. The van der Waals surface area contributed by atoms with Gasteiger partial charge in [0.15, 0.2) is 0 Å². The molecule has 106 valence electrons. The number of methoxy groups -OCH3 is 1. The molecule has 0 aromatic heterocycles. The molecule has 1 aliphatic carbocycles. The van der Waals surface area contributed by atoms with Crippen molar-refractivity contribution in [3.8, 4) is 6.07 Å². The molecule has 1 aliphatic rings. The maximum atomic E-state index is 12.8. The van der Waals surface area contributed by atoms with Crippen LogP contribution in [0.2, 0.25) is 0 Å². The van der Waals surface area contributed by atoms with Crippen molar-refractivity contribution in [3.05, 3.63) is 33.8 Å². The molecule has 0 spiro atoms. The van der Waals surface area contributed by atoms with Crippen molar-refractivity contribution in [3.63, 3.8) is 0 Å². The minimum atomic E-state index is -4.47. The molecule has 0 amide bonds. The van der Waals surface area contributed by atoms with E-state index in [0.29, 0.717) is 4.47 Å². The van der Waals surface area contributed by atoms with Crippen LogP contribution in [0.15, 0.2) is 22.7 Å². The number of nitrogens with zero attached hydrogens (tertiary/aromatic N) is 1. The average molecular weight is 348 g/mol. The van der Waals surface area contributed by atoms with Crippen LogP contribution in [0, 0.1) is 17.2 Å². The lowest BCUT2D eigenvalue weighted by Crippen LogP contribution is -2.22. The Morgan fingerprint density at radius 1 is 1.55 bits per heavy atom. The molecule has 2 atom stereocenters. The van der Waals surface area contributed by atoms with Crippen molar-refractivity contribution in [2.75, 3.05) is 7.11 Å². The second kappa shape index (κ2) is 4.77. The summed E-state index contributed by atoms with van der Waals surface area (Å²) in [4.78, 5) is 11.7. The van der Waals surface area contributed by atoms with Gasteiger partial charge in [0.25, 0.3) is 0 Å². The van der Waals surface area contributed by atoms with E-state index in [2.05, 4.69) is 20.7 Å². The van der Waals surface area contributed by atoms with Gasteiger partial charge in [-0.3, -0.25) is 0 Å². The third-order valence-corrected chi connectivity index (χ3v) is 3.92. The number of ether oxygens (including phenoxy) is 1. The van der Waals surface area contributed by atoms with Gasteiger partial charge >= 0.3 is 12.1 Å². The van der Waals surface area contributed by atoms with E-state index in [0.717, 1.165) is 7.11 Å². The summed E-state index contributed by atoms with van der Waals surface area (Å²) in [6, 6.07) is 5.98. The summed E-state index contributed by atoms with van der Waals surface area (Å²) in [6.45, 7) is 0. The number of halogens is 4. The molecular formula is C13H9BrF3NO2. The van der Waals surface area contributed by atoms with Crippen LogP contribution >= 0.6 is 15.9 Å². The zero-order valence-corrected chi connectivity index (χ0v) is 11.9. The Hall–Kier alpha value is -1.55. The Morgan fingerprint density at radius 3 is 2.65 bits per heavy atom.